The van der Waals surface area contributed by atoms with Crippen molar-refractivity contribution in [2.24, 2.45) is 47.3 Å². The van der Waals surface area contributed by atoms with Gasteiger partial charge in [-0.1, -0.05) is 73.6 Å². The Morgan fingerprint density at radius 2 is 1.05 bits per heavy atom. The van der Waals surface area contributed by atoms with E-state index < -0.39 is 0 Å². The van der Waals surface area contributed by atoms with Crippen molar-refractivity contribution in [3.63, 3.8) is 0 Å². The third kappa shape index (κ3) is 4.05. The summed E-state index contributed by atoms with van der Waals surface area (Å²) in [5.74, 6) is 7.60. The van der Waals surface area contributed by atoms with E-state index in [2.05, 4.69) is 41.5 Å². The highest BCUT2D eigenvalue weighted by atomic mass is 14.5. The molecule has 0 aromatic rings. The van der Waals surface area contributed by atoms with Gasteiger partial charge in [0.15, 0.2) is 0 Å². The second kappa shape index (κ2) is 7.51. The van der Waals surface area contributed by atoms with Gasteiger partial charge in [0.1, 0.15) is 0 Å². The monoisotopic (exact) mass is 292 g/mol. The molecular weight excluding hydrogens is 252 g/mol. The summed E-state index contributed by atoms with van der Waals surface area (Å²) in [6.07, 6.45) is 10.7. The molecule has 0 aromatic carbocycles. The summed E-state index contributed by atoms with van der Waals surface area (Å²) in [5.41, 5.74) is 0. The van der Waals surface area contributed by atoms with Gasteiger partial charge in [0.25, 0.3) is 0 Å². The van der Waals surface area contributed by atoms with Gasteiger partial charge < -0.3 is 0 Å². The van der Waals surface area contributed by atoms with Crippen LogP contribution in [0.15, 0.2) is 0 Å². The van der Waals surface area contributed by atoms with Crippen molar-refractivity contribution in [3.8, 4) is 0 Å². The number of rotatable bonds is 4. The Bertz CT molecular complexity index is 277. The molecule has 0 aromatic heterocycles. The lowest BCUT2D eigenvalue weighted by Crippen LogP contribution is -2.42. The SMILES string of the molecule is CC(C)C1CC(C2CCCCC2)CC(C(C)C)C1C(C)C. The second-order valence-electron chi connectivity index (χ2n) is 9.27. The Hall–Kier alpha value is 0. The van der Waals surface area contributed by atoms with E-state index in [9.17, 15) is 0 Å². The van der Waals surface area contributed by atoms with Crippen LogP contribution < -0.4 is 0 Å². The molecule has 0 N–H and O–H groups in total. The first-order valence-electron chi connectivity index (χ1n) is 9.91. The van der Waals surface area contributed by atoms with Gasteiger partial charge in [-0.25, -0.2) is 0 Å². The highest BCUT2D eigenvalue weighted by molar-refractivity contribution is 4.92. The molecule has 2 atom stereocenters. The maximum absolute atomic E-state index is 2.49. The predicted octanol–water partition coefficient (Wildman–Crippen LogP) is 6.79. The van der Waals surface area contributed by atoms with Crippen LogP contribution in [0.2, 0.25) is 0 Å². The molecule has 2 fully saturated rings. The van der Waals surface area contributed by atoms with Crippen molar-refractivity contribution < 1.29 is 0 Å². The largest absolute Gasteiger partial charge is 0.0625 e. The topological polar surface area (TPSA) is 0 Å². The summed E-state index contributed by atoms with van der Waals surface area (Å²) in [7, 11) is 0. The van der Waals surface area contributed by atoms with Gasteiger partial charge in [-0.3, -0.25) is 0 Å². The van der Waals surface area contributed by atoms with Gasteiger partial charge >= 0.3 is 0 Å². The van der Waals surface area contributed by atoms with E-state index >= 15 is 0 Å². The molecule has 2 aliphatic rings. The van der Waals surface area contributed by atoms with Crippen LogP contribution in [0.1, 0.15) is 86.5 Å². The molecule has 0 spiro atoms. The van der Waals surface area contributed by atoms with Crippen molar-refractivity contribution in [3.05, 3.63) is 0 Å². The summed E-state index contributed by atoms with van der Waals surface area (Å²) < 4.78 is 0. The zero-order chi connectivity index (χ0) is 15.6. The third-order valence-corrected chi connectivity index (χ3v) is 6.94. The minimum absolute atomic E-state index is 0.858. The molecule has 124 valence electrons. The predicted molar refractivity (Wildman–Crippen MR) is 94.3 cm³/mol. The van der Waals surface area contributed by atoms with Crippen LogP contribution in [-0.4, -0.2) is 0 Å². The first-order chi connectivity index (χ1) is 9.91. The molecule has 0 saturated heterocycles. The minimum atomic E-state index is 0.858. The maximum atomic E-state index is 2.49. The summed E-state index contributed by atoms with van der Waals surface area (Å²) >= 11 is 0. The van der Waals surface area contributed by atoms with Gasteiger partial charge in [0.05, 0.1) is 0 Å². The molecule has 0 nitrogen and oxygen atoms in total. The number of hydrogen-bond acceptors (Lipinski definition) is 0. The Kier molecular flexibility index (Phi) is 6.21. The van der Waals surface area contributed by atoms with Gasteiger partial charge in [-0.15, -0.1) is 0 Å². The average Bonchev–Trinajstić information content (AvgIpc) is 2.46. The van der Waals surface area contributed by atoms with Crippen LogP contribution in [0.25, 0.3) is 0 Å². The molecule has 0 heterocycles. The smallest absolute Gasteiger partial charge is 0.0329 e. The quantitative estimate of drug-likeness (QED) is 0.535. The summed E-state index contributed by atoms with van der Waals surface area (Å²) in [6, 6.07) is 0. The van der Waals surface area contributed by atoms with Crippen molar-refractivity contribution >= 4 is 0 Å². The van der Waals surface area contributed by atoms with Crippen molar-refractivity contribution in [1.82, 2.24) is 0 Å². The minimum Gasteiger partial charge on any atom is -0.0625 e. The Balaban J connectivity index is 2.16. The number of hydrogen-bond donors (Lipinski definition) is 0. The van der Waals surface area contributed by atoms with E-state index in [1.807, 2.05) is 0 Å². The van der Waals surface area contributed by atoms with E-state index in [0.717, 1.165) is 47.3 Å². The first-order valence-corrected chi connectivity index (χ1v) is 9.91. The van der Waals surface area contributed by atoms with Crippen LogP contribution in [0.3, 0.4) is 0 Å². The van der Waals surface area contributed by atoms with Crippen LogP contribution in [0.5, 0.6) is 0 Å². The Morgan fingerprint density at radius 1 is 0.571 bits per heavy atom. The average molecular weight is 293 g/mol. The molecule has 2 unspecified atom stereocenters. The van der Waals surface area contributed by atoms with Crippen LogP contribution >= 0.6 is 0 Å². The second-order valence-corrected chi connectivity index (χ2v) is 9.27. The van der Waals surface area contributed by atoms with Crippen LogP contribution in [-0.2, 0) is 0 Å². The molecule has 0 heteroatoms. The molecule has 2 aliphatic carbocycles. The van der Waals surface area contributed by atoms with E-state index in [4.69, 9.17) is 0 Å². The first kappa shape index (κ1) is 17.4. The van der Waals surface area contributed by atoms with Gasteiger partial charge in [-0.2, -0.15) is 0 Å². The zero-order valence-electron chi connectivity index (χ0n) is 15.6. The molecule has 0 bridgehead atoms. The molecule has 0 aliphatic heterocycles. The summed E-state index contributed by atoms with van der Waals surface area (Å²) in [4.78, 5) is 0. The van der Waals surface area contributed by atoms with E-state index in [1.165, 1.54) is 44.9 Å². The lowest BCUT2D eigenvalue weighted by Gasteiger charge is -2.50. The van der Waals surface area contributed by atoms with Crippen molar-refractivity contribution in [2.75, 3.05) is 0 Å². The highest BCUT2D eigenvalue weighted by Gasteiger charge is 2.43. The van der Waals surface area contributed by atoms with E-state index in [1.54, 1.807) is 0 Å². The van der Waals surface area contributed by atoms with E-state index in [0.29, 0.717) is 0 Å². The fraction of sp³-hybridized carbons (Fsp3) is 1.00. The fourth-order valence-electron chi connectivity index (χ4n) is 5.84. The highest BCUT2D eigenvalue weighted by Crippen LogP contribution is 2.51. The molecular formula is C21H40. The lowest BCUT2D eigenvalue weighted by molar-refractivity contribution is -0.00567. The maximum Gasteiger partial charge on any atom is -0.0329 e. The van der Waals surface area contributed by atoms with Crippen LogP contribution in [0, 0.1) is 47.3 Å². The van der Waals surface area contributed by atoms with Gasteiger partial charge in [-0.05, 0) is 60.2 Å². The molecule has 2 saturated carbocycles. The van der Waals surface area contributed by atoms with Crippen molar-refractivity contribution in [2.45, 2.75) is 86.5 Å². The lowest BCUT2D eigenvalue weighted by atomic mass is 9.55. The molecule has 2 rings (SSSR count). The standard InChI is InChI=1S/C21H40/c1-14(2)19-12-18(17-10-8-7-9-11-17)13-20(15(3)4)21(19)16(5)6/h14-21H,7-13H2,1-6H3. The molecule has 0 amide bonds. The van der Waals surface area contributed by atoms with Gasteiger partial charge in [0.2, 0.25) is 0 Å². The summed E-state index contributed by atoms with van der Waals surface area (Å²) in [6.45, 7) is 14.9. The van der Waals surface area contributed by atoms with Crippen LogP contribution in [0.4, 0.5) is 0 Å². The molecule has 21 heavy (non-hydrogen) atoms. The van der Waals surface area contributed by atoms with Gasteiger partial charge in [0, 0.05) is 0 Å². The molecule has 0 radical (unpaired) electrons. The van der Waals surface area contributed by atoms with E-state index in [-0.39, 0.29) is 0 Å². The Labute approximate surface area is 134 Å². The third-order valence-electron chi connectivity index (χ3n) is 6.94. The normalized spacial score (nSPS) is 35.9. The van der Waals surface area contributed by atoms with Crippen molar-refractivity contribution in [1.29, 1.82) is 0 Å². The zero-order valence-corrected chi connectivity index (χ0v) is 15.6. The summed E-state index contributed by atoms with van der Waals surface area (Å²) in [5, 5.41) is 0. The fourth-order valence-corrected chi connectivity index (χ4v) is 5.84. The Morgan fingerprint density at radius 3 is 1.43 bits per heavy atom.